The molecule has 3 N–H and O–H groups in total. The third kappa shape index (κ3) is 3.46. The summed E-state index contributed by atoms with van der Waals surface area (Å²) in [5, 5.41) is 0. The molecule has 0 aromatic heterocycles. The molecular formula is C10H12F2N2OS. The van der Waals surface area contributed by atoms with Crippen LogP contribution < -0.4 is 11.3 Å². The van der Waals surface area contributed by atoms with Gasteiger partial charge in [0.25, 0.3) is 0 Å². The van der Waals surface area contributed by atoms with E-state index in [4.69, 9.17) is 5.84 Å². The summed E-state index contributed by atoms with van der Waals surface area (Å²) in [7, 11) is 0. The van der Waals surface area contributed by atoms with Crippen LogP contribution in [0.25, 0.3) is 0 Å². The highest BCUT2D eigenvalue weighted by Gasteiger charge is 2.13. The second kappa shape index (κ2) is 5.81. The van der Waals surface area contributed by atoms with Crippen molar-refractivity contribution in [3.63, 3.8) is 0 Å². The van der Waals surface area contributed by atoms with E-state index in [9.17, 15) is 13.6 Å². The van der Waals surface area contributed by atoms with Gasteiger partial charge in [-0.3, -0.25) is 10.2 Å². The van der Waals surface area contributed by atoms with Crippen LogP contribution in [0.15, 0.2) is 23.1 Å². The molecule has 88 valence electrons. The molecule has 1 aromatic carbocycles. The van der Waals surface area contributed by atoms with E-state index in [1.165, 1.54) is 12.1 Å². The molecule has 0 bridgehead atoms. The molecule has 1 unspecified atom stereocenters. The summed E-state index contributed by atoms with van der Waals surface area (Å²) < 4.78 is 25.8. The summed E-state index contributed by atoms with van der Waals surface area (Å²) in [4.78, 5) is 11.4. The molecule has 0 spiro atoms. The van der Waals surface area contributed by atoms with Crippen molar-refractivity contribution in [1.29, 1.82) is 0 Å². The summed E-state index contributed by atoms with van der Waals surface area (Å²) in [6.07, 6.45) is 0. The molecule has 16 heavy (non-hydrogen) atoms. The van der Waals surface area contributed by atoms with Gasteiger partial charge in [-0.1, -0.05) is 6.92 Å². The van der Waals surface area contributed by atoms with E-state index in [0.717, 1.165) is 17.8 Å². The molecule has 1 atom stereocenters. The van der Waals surface area contributed by atoms with Gasteiger partial charge in [-0.2, -0.15) is 0 Å². The van der Waals surface area contributed by atoms with Gasteiger partial charge in [0.05, 0.1) is 0 Å². The Morgan fingerprint density at radius 1 is 1.56 bits per heavy atom. The second-order valence-electron chi connectivity index (χ2n) is 3.30. The van der Waals surface area contributed by atoms with Crippen molar-refractivity contribution >= 4 is 17.7 Å². The van der Waals surface area contributed by atoms with Crippen molar-refractivity contribution < 1.29 is 13.6 Å². The van der Waals surface area contributed by atoms with Crippen molar-refractivity contribution in [2.45, 2.75) is 11.8 Å². The molecule has 3 nitrogen and oxygen atoms in total. The van der Waals surface area contributed by atoms with Crippen LogP contribution in [-0.2, 0) is 4.79 Å². The summed E-state index contributed by atoms with van der Waals surface area (Å²) >= 11 is 1.15. The number of benzene rings is 1. The van der Waals surface area contributed by atoms with Crippen molar-refractivity contribution in [2.24, 2.45) is 11.8 Å². The molecule has 0 aliphatic carbocycles. The highest BCUT2D eigenvalue weighted by atomic mass is 32.2. The number of hydrogen-bond acceptors (Lipinski definition) is 3. The van der Waals surface area contributed by atoms with Crippen LogP contribution in [0.5, 0.6) is 0 Å². The number of hydrogen-bond donors (Lipinski definition) is 2. The summed E-state index contributed by atoms with van der Waals surface area (Å²) in [5.74, 6) is 3.46. The number of carbonyl (C=O) groups is 1. The molecule has 0 saturated heterocycles. The number of thioether (sulfide) groups is 1. The SMILES string of the molecule is CC(CSc1ccc(F)cc1F)C(=O)NN. The minimum absolute atomic E-state index is 0.310. The maximum Gasteiger partial charge on any atom is 0.237 e. The lowest BCUT2D eigenvalue weighted by molar-refractivity contribution is -0.123. The fourth-order valence-corrected chi connectivity index (χ4v) is 1.97. The summed E-state index contributed by atoms with van der Waals surface area (Å²) in [6.45, 7) is 1.68. The van der Waals surface area contributed by atoms with Crippen LogP contribution in [0, 0.1) is 17.6 Å². The lowest BCUT2D eigenvalue weighted by Crippen LogP contribution is -2.35. The van der Waals surface area contributed by atoms with E-state index in [0.29, 0.717) is 10.6 Å². The van der Waals surface area contributed by atoms with Crippen LogP contribution >= 0.6 is 11.8 Å². The average Bonchev–Trinajstić information content (AvgIpc) is 2.26. The summed E-state index contributed by atoms with van der Waals surface area (Å²) in [5.41, 5.74) is 2.02. The first-order chi connectivity index (χ1) is 7.54. The Bertz CT molecular complexity index is 387. The van der Waals surface area contributed by atoms with Gasteiger partial charge in [0, 0.05) is 22.6 Å². The van der Waals surface area contributed by atoms with E-state index < -0.39 is 11.6 Å². The Morgan fingerprint density at radius 2 is 2.25 bits per heavy atom. The molecule has 0 saturated carbocycles. The first kappa shape index (κ1) is 12.9. The Morgan fingerprint density at radius 3 is 2.81 bits per heavy atom. The minimum Gasteiger partial charge on any atom is -0.294 e. The third-order valence-corrected chi connectivity index (χ3v) is 3.28. The van der Waals surface area contributed by atoms with E-state index in [2.05, 4.69) is 0 Å². The van der Waals surface area contributed by atoms with Gasteiger partial charge >= 0.3 is 0 Å². The maximum absolute atomic E-state index is 13.2. The van der Waals surface area contributed by atoms with E-state index in [1.807, 2.05) is 5.43 Å². The Labute approximate surface area is 96.4 Å². The van der Waals surface area contributed by atoms with Crippen LogP contribution in [0.2, 0.25) is 0 Å². The van der Waals surface area contributed by atoms with Gasteiger partial charge in [0.15, 0.2) is 0 Å². The first-order valence-corrected chi connectivity index (χ1v) is 5.61. The molecule has 0 heterocycles. The number of nitrogens with one attached hydrogen (secondary N) is 1. The molecule has 1 aromatic rings. The van der Waals surface area contributed by atoms with Crippen LogP contribution in [0.1, 0.15) is 6.92 Å². The molecular weight excluding hydrogens is 234 g/mol. The van der Waals surface area contributed by atoms with Gasteiger partial charge in [-0.25, -0.2) is 14.6 Å². The largest absolute Gasteiger partial charge is 0.294 e. The smallest absolute Gasteiger partial charge is 0.237 e. The number of hydrazine groups is 1. The molecule has 1 amide bonds. The second-order valence-corrected chi connectivity index (χ2v) is 4.36. The lowest BCUT2D eigenvalue weighted by Gasteiger charge is -2.09. The zero-order valence-corrected chi connectivity index (χ0v) is 9.48. The topological polar surface area (TPSA) is 55.1 Å². The van der Waals surface area contributed by atoms with E-state index in [1.54, 1.807) is 6.92 Å². The van der Waals surface area contributed by atoms with Gasteiger partial charge in [-0.15, -0.1) is 11.8 Å². The zero-order chi connectivity index (χ0) is 12.1. The Hall–Kier alpha value is -1.14. The number of rotatable bonds is 4. The quantitative estimate of drug-likeness (QED) is 0.368. The van der Waals surface area contributed by atoms with Crippen LogP contribution in [0.3, 0.4) is 0 Å². The fraction of sp³-hybridized carbons (Fsp3) is 0.300. The third-order valence-electron chi connectivity index (χ3n) is 1.97. The van der Waals surface area contributed by atoms with Crippen molar-refractivity contribution in [1.82, 2.24) is 5.43 Å². The average molecular weight is 246 g/mol. The molecule has 6 heteroatoms. The predicted molar refractivity (Wildman–Crippen MR) is 58.6 cm³/mol. The highest BCUT2D eigenvalue weighted by molar-refractivity contribution is 7.99. The van der Waals surface area contributed by atoms with Crippen molar-refractivity contribution in [2.75, 3.05) is 5.75 Å². The Balaban J connectivity index is 2.58. The van der Waals surface area contributed by atoms with Gasteiger partial charge in [-0.05, 0) is 12.1 Å². The zero-order valence-electron chi connectivity index (χ0n) is 8.67. The van der Waals surface area contributed by atoms with Gasteiger partial charge in [0.1, 0.15) is 11.6 Å². The number of amides is 1. The summed E-state index contributed by atoms with van der Waals surface area (Å²) in [6, 6.07) is 3.34. The molecule has 0 fully saturated rings. The molecule has 1 rings (SSSR count). The van der Waals surface area contributed by atoms with E-state index in [-0.39, 0.29) is 11.8 Å². The maximum atomic E-state index is 13.2. The first-order valence-electron chi connectivity index (χ1n) is 4.63. The highest BCUT2D eigenvalue weighted by Crippen LogP contribution is 2.24. The predicted octanol–water partition coefficient (Wildman–Crippen LogP) is 1.68. The number of nitrogens with two attached hydrogens (primary N) is 1. The van der Waals surface area contributed by atoms with E-state index >= 15 is 0 Å². The number of halogens is 2. The molecule has 0 radical (unpaired) electrons. The lowest BCUT2D eigenvalue weighted by atomic mass is 10.2. The number of carbonyl (C=O) groups excluding carboxylic acids is 1. The standard InChI is InChI=1S/C10H12F2N2OS/c1-6(10(15)14-13)5-16-9-3-2-7(11)4-8(9)12/h2-4,6H,5,13H2,1H3,(H,14,15). The van der Waals surface area contributed by atoms with Crippen LogP contribution in [-0.4, -0.2) is 11.7 Å². The van der Waals surface area contributed by atoms with Gasteiger partial charge in [0.2, 0.25) is 5.91 Å². The fourth-order valence-electron chi connectivity index (χ4n) is 1.02. The molecule has 0 aliphatic rings. The normalized spacial score (nSPS) is 12.2. The minimum atomic E-state index is -0.620. The monoisotopic (exact) mass is 246 g/mol. The van der Waals surface area contributed by atoms with Crippen LogP contribution in [0.4, 0.5) is 8.78 Å². The van der Waals surface area contributed by atoms with Gasteiger partial charge < -0.3 is 0 Å². The van der Waals surface area contributed by atoms with Crippen molar-refractivity contribution in [3.05, 3.63) is 29.8 Å². The molecule has 0 aliphatic heterocycles. The Kier molecular flexibility index (Phi) is 4.70. The van der Waals surface area contributed by atoms with Crippen molar-refractivity contribution in [3.8, 4) is 0 Å².